The van der Waals surface area contributed by atoms with Crippen molar-refractivity contribution in [3.8, 4) is 0 Å². The van der Waals surface area contributed by atoms with E-state index in [0.717, 1.165) is 39.1 Å². The fourth-order valence-corrected chi connectivity index (χ4v) is 2.51. The van der Waals surface area contributed by atoms with Crippen molar-refractivity contribution in [2.75, 3.05) is 20.8 Å². The fraction of sp³-hybridized carbons (Fsp3) is 0.800. The van der Waals surface area contributed by atoms with Gasteiger partial charge in [0.15, 0.2) is 0 Å². The molecule has 0 saturated carbocycles. The van der Waals surface area contributed by atoms with Crippen molar-refractivity contribution in [3.63, 3.8) is 0 Å². The normalized spacial score (nSPS) is 13.7. The first kappa shape index (κ1) is 15.0. The van der Waals surface area contributed by atoms with E-state index < -0.39 is 0 Å². The predicted octanol–water partition coefficient (Wildman–Crippen LogP) is 2.52. The zero-order chi connectivity index (χ0) is 11.7. The Morgan fingerprint density at radius 2 is 2.13 bits per heavy atom. The Morgan fingerprint density at radius 3 is 2.60 bits per heavy atom. The van der Waals surface area contributed by atoms with Crippen molar-refractivity contribution < 1.29 is 14.3 Å². The number of hydrogen-bond acceptors (Lipinski definition) is 3. The van der Waals surface area contributed by atoms with Gasteiger partial charge in [-0.15, -0.1) is 0 Å². The average Bonchev–Trinajstić information content (AvgIpc) is 2.24. The summed E-state index contributed by atoms with van der Waals surface area (Å²) in [4.78, 5) is 11.2. The Morgan fingerprint density at radius 1 is 1.47 bits per heavy atom. The number of rotatable bonds is 7. The molecule has 0 spiro atoms. The second kappa shape index (κ2) is 9.27. The molecule has 88 valence electrons. The molecule has 0 aromatic carbocycles. The SMILES string of the molecule is COC[C@@H](C)CCCC(=PP)C(=O)OC. The van der Waals surface area contributed by atoms with E-state index in [0.29, 0.717) is 5.92 Å². The quantitative estimate of drug-likeness (QED) is 0.514. The molecule has 5 heteroatoms. The third kappa shape index (κ3) is 7.00. The van der Waals surface area contributed by atoms with Gasteiger partial charge in [-0.3, -0.25) is 0 Å². The molecular weight excluding hydrogens is 230 g/mol. The van der Waals surface area contributed by atoms with Crippen LogP contribution in [0, 0.1) is 5.92 Å². The molecule has 0 aliphatic carbocycles. The molecule has 0 aliphatic heterocycles. The second-order valence-corrected chi connectivity index (χ2v) is 5.09. The minimum atomic E-state index is -0.189. The van der Waals surface area contributed by atoms with E-state index in [1.165, 1.54) is 7.11 Å². The van der Waals surface area contributed by atoms with Crippen LogP contribution >= 0.6 is 16.8 Å². The maximum Gasteiger partial charge on any atom is 0.338 e. The lowest BCUT2D eigenvalue weighted by Gasteiger charge is -2.09. The minimum Gasteiger partial charge on any atom is -0.465 e. The van der Waals surface area contributed by atoms with Gasteiger partial charge in [-0.05, 0) is 25.2 Å². The Balaban J connectivity index is 3.78. The third-order valence-electron chi connectivity index (χ3n) is 2.14. The van der Waals surface area contributed by atoms with Gasteiger partial charge in [-0.2, -0.15) is 0 Å². The van der Waals surface area contributed by atoms with Crippen LogP contribution in [0.25, 0.3) is 0 Å². The number of ether oxygens (including phenoxy) is 2. The summed E-state index contributed by atoms with van der Waals surface area (Å²) < 4.78 is 9.74. The summed E-state index contributed by atoms with van der Waals surface area (Å²) in [5.74, 6) is 0.362. The number of esters is 1. The fourth-order valence-electron chi connectivity index (χ4n) is 1.32. The molecule has 0 radical (unpaired) electrons. The van der Waals surface area contributed by atoms with Crippen molar-refractivity contribution in [2.24, 2.45) is 5.92 Å². The van der Waals surface area contributed by atoms with Crippen molar-refractivity contribution in [1.29, 1.82) is 0 Å². The van der Waals surface area contributed by atoms with Gasteiger partial charge in [0.05, 0.1) is 12.4 Å². The van der Waals surface area contributed by atoms with E-state index in [2.05, 4.69) is 20.6 Å². The lowest BCUT2D eigenvalue weighted by molar-refractivity contribution is -0.132. The van der Waals surface area contributed by atoms with E-state index in [4.69, 9.17) is 4.74 Å². The van der Waals surface area contributed by atoms with E-state index in [1.54, 1.807) is 7.11 Å². The van der Waals surface area contributed by atoms with Crippen LogP contribution in [-0.2, 0) is 14.3 Å². The van der Waals surface area contributed by atoms with Crippen LogP contribution in [0.4, 0.5) is 0 Å². The topological polar surface area (TPSA) is 35.5 Å². The standard InChI is InChI=1S/C10H20O3P2/c1-8(7-12-2)5-4-6-9(15-14)10(11)13-3/h8H,4-7,14H2,1-3H3/t8-/m0/s1. The summed E-state index contributed by atoms with van der Waals surface area (Å²) in [6.45, 7) is 2.94. The van der Waals surface area contributed by atoms with Gasteiger partial charge in [0.2, 0.25) is 0 Å². The van der Waals surface area contributed by atoms with Crippen molar-refractivity contribution in [2.45, 2.75) is 26.2 Å². The maximum atomic E-state index is 11.2. The summed E-state index contributed by atoms with van der Waals surface area (Å²) in [6.07, 6.45) is 2.90. The number of carbonyl (C=O) groups is 1. The molecule has 15 heavy (non-hydrogen) atoms. The number of hydrogen-bond donors (Lipinski definition) is 0. The summed E-state index contributed by atoms with van der Waals surface area (Å²) >= 11 is 0. The van der Waals surface area contributed by atoms with E-state index >= 15 is 0 Å². The van der Waals surface area contributed by atoms with Gasteiger partial charge >= 0.3 is 5.97 Å². The molecular formula is C10H20O3P2. The summed E-state index contributed by atoms with van der Waals surface area (Å²) in [5, 5.41) is 0.826. The van der Waals surface area contributed by atoms with Crippen LogP contribution in [-0.4, -0.2) is 32.1 Å². The van der Waals surface area contributed by atoms with Crippen molar-refractivity contribution in [3.05, 3.63) is 0 Å². The van der Waals surface area contributed by atoms with Crippen LogP contribution in [0.15, 0.2) is 0 Å². The smallest absolute Gasteiger partial charge is 0.338 e. The Bertz CT molecular complexity index is 217. The molecule has 0 saturated heterocycles. The monoisotopic (exact) mass is 250 g/mol. The van der Waals surface area contributed by atoms with Gasteiger partial charge in [-0.25, -0.2) is 4.79 Å². The molecule has 0 N–H and O–H groups in total. The van der Waals surface area contributed by atoms with Crippen LogP contribution in [0.3, 0.4) is 0 Å². The molecule has 1 unspecified atom stereocenters. The van der Waals surface area contributed by atoms with E-state index in [-0.39, 0.29) is 5.97 Å². The highest BCUT2D eigenvalue weighted by Gasteiger charge is 2.09. The summed E-state index contributed by atoms with van der Waals surface area (Å²) in [5.41, 5.74) is 0. The first-order valence-electron chi connectivity index (χ1n) is 4.99. The van der Waals surface area contributed by atoms with Crippen LogP contribution < -0.4 is 0 Å². The molecule has 0 bridgehead atoms. The first-order valence-corrected chi connectivity index (χ1v) is 7.51. The molecule has 0 rings (SSSR count). The number of methoxy groups -OCH3 is 2. The van der Waals surface area contributed by atoms with Crippen molar-refractivity contribution in [1.82, 2.24) is 0 Å². The lowest BCUT2D eigenvalue weighted by Crippen LogP contribution is -2.14. The molecule has 0 aromatic rings. The zero-order valence-corrected chi connectivity index (χ0v) is 11.7. The van der Waals surface area contributed by atoms with Crippen LogP contribution in [0.1, 0.15) is 26.2 Å². The largest absolute Gasteiger partial charge is 0.465 e. The van der Waals surface area contributed by atoms with Gasteiger partial charge in [0, 0.05) is 13.7 Å². The molecule has 2 atom stereocenters. The molecule has 0 aliphatic rings. The second-order valence-electron chi connectivity index (χ2n) is 3.52. The Hall–Kier alpha value is 0.0300. The maximum absolute atomic E-state index is 11.2. The molecule has 0 amide bonds. The van der Waals surface area contributed by atoms with Gasteiger partial charge < -0.3 is 9.47 Å². The highest BCUT2D eigenvalue weighted by molar-refractivity contribution is 8.03. The third-order valence-corrected chi connectivity index (χ3v) is 3.79. The highest BCUT2D eigenvalue weighted by Crippen LogP contribution is 2.17. The first-order chi connectivity index (χ1) is 7.15. The highest BCUT2D eigenvalue weighted by atomic mass is 32.0. The van der Waals surface area contributed by atoms with E-state index in [1.807, 2.05) is 0 Å². The Kier molecular flexibility index (Phi) is 9.29. The van der Waals surface area contributed by atoms with Gasteiger partial charge in [-0.1, -0.05) is 23.7 Å². The molecule has 3 nitrogen and oxygen atoms in total. The number of carbonyl (C=O) groups excluding carboxylic acids is 1. The zero-order valence-electron chi connectivity index (χ0n) is 9.66. The summed E-state index contributed by atoms with van der Waals surface area (Å²) in [6, 6.07) is 0. The molecule has 0 aromatic heterocycles. The van der Waals surface area contributed by atoms with Crippen molar-refractivity contribution >= 4 is 28.1 Å². The lowest BCUT2D eigenvalue weighted by atomic mass is 10.0. The molecule has 0 fully saturated rings. The molecule has 0 heterocycles. The van der Waals surface area contributed by atoms with Crippen LogP contribution in [0.5, 0.6) is 0 Å². The van der Waals surface area contributed by atoms with Crippen LogP contribution in [0.2, 0.25) is 0 Å². The predicted molar refractivity (Wildman–Crippen MR) is 68.5 cm³/mol. The van der Waals surface area contributed by atoms with Gasteiger partial charge in [0.25, 0.3) is 0 Å². The average molecular weight is 250 g/mol. The van der Waals surface area contributed by atoms with Gasteiger partial charge in [0.1, 0.15) is 0 Å². The van der Waals surface area contributed by atoms with E-state index in [9.17, 15) is 4.79 Å². The minimum absolute atomic E-state index is 0.189. The summed E-state index contributed by atoms with van der Waals surface area (Å²) in [7, 11) is 6.61. The Labute approximate surface area is 95.8 Å².